The number of nitrogens with one attached hydrogen (secondary N) is 1. The van der Waals surface area contributed by atoms with Crippen molar-refractivity contribution < 1.29 is 18.3 Å². The highest BCUT2D eigenvalue weighted by Crippen LogP contribution is 2.36. The highest BCUT2D eigenvalue weighted by atomic mass is 19.1. The van der Waals surface area contributed by atoms with Gasteiger partial charge in [-0.15, -0.1) is 6.58 Å². The van der Waals surface area contributed by atoms with Crippen LogP contribution in [0.3, 0.4) is 0 Å². The molecule has 4 rings (SSSR count). The van der Waals surface area contributed by atoms with Gasteiger partial charge in [-0.3, -0.25) is 15.3 Å². The quantitative estimate of drug-likeness (QED) is 0.398. The molecule has 1 aliphatic carbocycles. The van der Waals surface area contributed by atoms with E-state index < -0.39 is 11.7 Å². The van der Waals surface area contributed by atoms with Crippen LogP contribution in [0.15, 0.2) is 55.4 Å². The molecule has 1 amide bonds. The fourth-order valence-electron chi connectivity index (χ4n) is 5.00. The molecule has 1 atom stereocenters. The standard InChI is InChI=1S/C23H34FN3O2.C5H4FN.C3H6/c1-5-19(16-9-7-6-8-10-16)27-20-12-11-18(24)13-17(20)14-26(15-21(27)25)22(28)29-23(2,3)4;6-5-2-1-3-7-4-5;1-3-2/h11-13,16,19,25H,5-10,14-15H2,1-4H3;1-4H;3H,1H2,2H3. The number of carbonyl (C=O) groups excluding carboxylic acids is 1. The minimum atomic E-state index is -0.621. The van der Waals surface area contributed by atoms with Gasteiger partial charge in [-0.25, -0.2) is 13.6 Å². The van der Waals surface area contributed by atoms with Crippen molar-refractivity contribution in [3.63, 3.8) is 0 Å². The first-order chi connectivity index (χ1) is 18.5. The first-order valence-electron chi connectivity index (χ1n) is 13.8. The number of nitrogens with zero attached hydrogens (tertiary/aromatic N) is 3. The number of pyridine rings is 1. The first-order valence-corrected chi connectivity index (χ1v) is 13.8. The number of benzene rings is 1. The van der Waals surface area contributed by atoms with Crippen LogP contribution in [0.1, 0.15) is 78.7 Å². The highest BCUT2D eigenvalue weighted by molar-refractivity contribution is 6.00. The lowest BCUT2D eigenvalue weighted by atomic mass is 9.82. The summed E-state index contributed by atoms with van der Waals surface area (Å²) in [5.41, 5.74) is 0.955. The van der Waals surface area contributed by atoms with Crippen molar-refractivity contribution in [1.82, 2.24) is 9.88 Å². The average molecular weight is 543 g/mol. The molecule has 2 heterocycles. The molecule has 1 aliphatic heterocycles. The number of amides is 1. The number of halogens is 2. The van der Waals surface area contributed by atoms with Crippen LogP contribution in [0.2, 0.25) is 0 Å². The van der Waals surface area contributed by atoms with Gasteiger partial charge in [-0.1, -0.05) is 32.3 Å². The van der Waals surface area contributed by atoms with Gasteiger partial charge in [0.05, 0.1) is 19.3 Å². The summed E-state index contributed by atoms with van der Waals surface area (Å²) in [5.74, 6) is 0.271. The fraction of sp³-hybridized carbons (Fsp3) is 0.516. The van der Waals surface area contributed by atoms with Gasteiger partial charge in [-0.05, 0) is 88.8 Å². The average Bonchev–Trinajstić information content (AvgIpc) is 3.02. The Morgan fingerprint density at radius 1 is 1.18 bits per heavy atom. The Kier molecular flexibility index (Phi) is 12.6. The Balaban J connectivity index is 0.000000450. The molecule has 1 aromatic heterocycles. The van der Waals surface area contributed by atoms with Gasteiger partial charge >= 0.3 is 6.09 Å². The van der Waals surface area contributed by atoms with Crippen LogP contribution < -0.4 is 4.90 Å². The number of rotatable bonds is 3. The van der Waals surface area contributed by atoms with E-state index in [2.05, 4.69) is 23.4 Å². The van der Waals surface area contributed by atoms with Gasteiger partial charge in [0.2, 0.25) is 0 Å². The lowest BCUT2D eigenvalue weighted by molar-refractivity contribution is 0.0265. The maximum atomic E-state index is 14.1. The van der Waals surface area contributed by atoms with Gasteiger partial charge in [0, 0.05) is 17.9 Å². The molecule has 1 saturated carbocycles. The van der Waals surface area contributed by atoms with Crippen LogP contribution in [0.25, 0.3) is 0 Å². The lowest BCUT2D eigenvalue weighted by Crippen LogP contribution is -2.48. The van der Waals surface area contributed by atoms with E-state index in [-0.39, 0.29) is 30.8 Å². The summed E-state index contributed by atoms with van der Waals surface area (Å²) in [5, 5.41) is 8.86. The zero-order chi connectivity index (χ0) is 29.0. The molecule has 2 aliphatic rings. The molecule has 39 heavy (non-hydrogen) atoms. The zero-order valence-corrected chi connectivity index (χ0v) is 24.1. The smallest absolute Gasteiger partial charge is 0.410 e. The van der Waals surface area contributed by atoms with Crippen molar-refractivity contribution in [2.45, 2.75) is 91.3 Å². The summed E-state index contributed by atoms with van der Waals surface area (Å²) < 4.78 is 31.5. The van der Waals surface area contributed by atoms with Crippen LogP contribution >= 0.6 is 0 Å². The Morgan fingerprint density at radius 3 is 2.36 bits per heavy atom. The van der Waals surface area contributed by atoms with Crippen LogP contribution in [0, 0.1) is 23.0 Å². The third-order valence-corrected chi connectivity index (χ3v) is 6.51. The maximum absolute atomic E-state index is 14.1. The molecule has 8 heteroatoms. The molecule has 0 radical (unpaired) electrons. The third-order valence-electron chi connectivity index (χ3n) is 6.51. The van der Waals surface area contributed by atoms with E-state index in [4.69, 9.17) is 10.1 Å². The summed E-state index contributed by atoms with van der Waals surface area (Å²) >= 11 is 0. The van der Waals surface area contributed by atoms with Gasteiger partial charge in [0.15, 0.2) is 0 Å². The van der Waals surface area contributed by atoms with Gasteiger partial charge in [0.25, 0.3) is 0 Å². The summed E-state index contributed by atoms with van der Waals surface area (Å²) in [6, 6.07) is 7.80. The van der Waals surface area contributed by atoms with Gasteiger partial charge in [0.1, 0.15) is 23.1 Å². The minimum Gasteiger partial charge on any atom is -0.444 e. The molecule has 2 aromatic rings. The minimum absolute atomic E-state index is 0.161. The van der Waals surface area contributed by atoms with E-state index in [1.165, 1.54) is 54.8 Å². The Bertz CT molecular complexity index is 1070. The largest absolute Gasteiger partial charge is 0.444 e. The Hall–Kier alpha value is -3.29. The summed E-state index contributed by atoms with van der Waals surface area (Å²) in [6.07, 6.45) is 10.9. The van der Waals surface area contributed by atoms with Crippen molar-refractivity contribution in [1.29, 1.82) is 5.41 Å². The van der Waals surface area contributed by atoms with Crippen molar-refractivity contribution in [2.75, 3.05) is 11.4 Å². The van der Waals surface area contributed by atoms with E-state index in [0.29, 0.717) is 11.8 Å². The molecule has 0 spiro atoms. The van der Waals surface area contributed by atoms with E-state index in [9.17, 15) is 13.6 Å². The van der Waals surface area contributed by atoms with E-state index in [0.717, 1.165) is 30.5 Å². The number of fused-ring (bicyclic) bond motifs is 1. The molecule has 214 valence electrons. The molecular weight excluding hydrogens is 498 g/mol. The number of hydrogen-bond acceptors (Lipinski definition) is 4. The molecule has 0 saturated heterocycles. The first kappa shape index (κ1) is 31.9. The molecule has 1 fully saturated rings. The number of hydrogen-bond donors (Lipinski definition) is 1. The van der Waals surface area contributed by atoms with Crippen LogP contribution in [0.5, 0.6) is 0 Å². The Morgan fingerprint density at radius 2 is 1.85 bits per heavy atom. The monoisotopic (exact) mass is 542 g/mol. The molecule has 1 aromatic carbocycles. The number of aromatic nitrogens is 1. The van der Waals surface area contributed by atoms with E-state index in [1.54, 1.807) is 18.2 Å². The predicted octanol–water partition coefficient (Wildman–Crippen LogP) is 8.13. The predicted molar refractivity (Wildman–Crippen MR) is 154 cm³/mol. The highest BCUT2D eigenvalue weighted by Gasteiger charge is 2.35. The van der Waals surface area contributed by atoms with Crippen molar-refractivity contribution in [3.05, 3.63) is 72.6 Å². The normalized spacial score (nSPS) is 16.4. The van der Waals surface area contributed by atoms with Crippen LogP contribution in [-0.2, 0) is 11.3 Å². The molecule has 0 bridgehead atoms. The summed E-state index contributed by atoms with van der Waals surface area (Å²) in [4.78, 5) is 19.8. The molecule has 1 N–H and O–H groups in total. The number of allylic oxidation sites excluding steroid dienone is 1. The number of amidine groups is 1. The summed E-state index contributed by atoms with van der Waals surface area (Å²) in [7, 11) is 0. The van der Waals surface area contributed by atoms with Crippen LogP contribution in [-0.4, -0.2) is 40.0 Å². The second-order valence-corrected chi connectivity index (χ2v) is 10.9. The SMILES string of the molecule is C=CC.CCC(C1CCCCC1)N1C(=N)CN(C(=O)OC(C)(C)C)Cc2cc(F)ccc21.Fc1cccnc1. The third kappa shape index (κ3) is 10.1. The van der Waals surface area contributed by atoms with Gasteiger partial charge < -0.3 is 9.64 Å². The second kappa shape index (κ2) is 15.3. The van der Waals surface area contributed by atoms with E-state index >= 15 is 0 Å². The van der Waals surface area contributed by atoms with Crippen LogP contribution in [0.4, 0.5) is 19.3 Å². The van der Waals surface area contributed by atoms with E-state index in [1.807, 2.05) is 27.7 Å². The number of carbonyl (C=O) groups is 1. The topological polar surface area (TPSA) is 69.5 Å². The molecule has 6 nitrogen and oxygen atoms in total. The summed E-state index contributed by atoms with van der Waals surface area (Å²) in [6.45, 7) is 13.3. The molecule has 1 unspecified atom stereocenters. The van der Waals surface area contributed by atoms with Gasteiger partial charge in [-0.2, -0.15) is 0 Å². The zero-order valence-electron chi connectivity index (χ0n) is 24.1. The van der Waals surface area contributed by atoms with Crippen molar-refractivity contribution >= 4 is 17.6 Å². The fourth-order valence-corrected chi connectivity index (χ4v) is 5.00. The van der Waals surface area contributed by atoms with Crippen molar-refractivity contribution in [3.8, 4) is 0 Å². The molecular formula is C31H44F2N4O2. The second-order valence-electron chi connectivity index (χ2n) is 10.9. The van der Waals surface area contributed by atoms with Crippen molar-refractivity contribution in [2.24, 2.45) is 5.92 Å². The lowest BCUT2D eigenvalue weighted by Gasteiger charge is -2.40. The number of anilines is 1. The maximum Gasteiger partial charge on any atom is 0.410 e. The number of ether oxygens (including phenoxy) is 1. The Labute approximate surface area is 232 Å².